The molecule has 386 valence electrons. The van der Waals surface area contributed by atoms with Gasteiger partial charge in [0, 0.05) is 69.5 Å². The Labute approximate surface area is 429 Å². The second-order valence-corrected chi connectivity index (χ2v) is 21.1. The van der Waals surface area contributed by atoms with Gasteiger partial charge in [0.2, 0.25) is 23.6 Å². The van der Waals surface area contributed by atoms with Crippen LogP contribution in [0.2, 0.25) is 5.02 Å². The first-order chi connectivity index (χ1) is 34.5. The van der Waals surface area contributed by atoms with Crippen LogP contribution in [-0.4, -0.2) is 111 Å². The molecule has 2 fully saturated rings. The van der Waals surface area contributed by atoms with Crippen molar-refractivity contribution in [2.24, 2.45) is 5.41 Å². The van der Waals surface area contributed by atoms with Crippen LogP contribution >= 0.6 is 22.9 Å². The number of halogens is 3. The van der Waals surface area contributed by atoms with E-state index in [0.717, 1.165) is 60.2 Å². The lowest BCUT2D eigenvalue weighted by Crippen LogP contribution is -2.57. The number of carbonyl (C=O) groups excluding carboxylic acids is 4. The number of nitrogens with zero attached hydrogens (tertiary/aromatic N) is 6. The Kier molecular flexibility index (Phi) is 18.6. The number of carbonyl (C=O) groups is 4. The number of hydrogen-bond donors (Lipinski definition) is 3. The van der Waals surface area contributed by atoms with Crippen molar-refractivity contribution < 1.29 is 37.8 Å². The first-order valence-electron chi connectivity index (χ1n) is 25.2. The van der Waals surface area contributed by atoms with Gasteiger partial charge in [0.25, 0.3) is 0 Å². The molecule has 0 bridgehead atoms. The number of anilines is 1. The van der Waals surface area contributed by atoms with Crippen LogP contribution in [0, 0.1) is 24.0 Å². The van der Waals surface area contributed by atoms with Gasteiger partial charge in [-0.2, -0.15) is 0 Å². The fourth-order valence-corrected chi connectivity index (χ4v) is 10.6. The van der Waals surface area contributed by atoms with Gasteiger partial charge >= 0.3 is 0 Å². The number of aliphatic hydroxyl groups is 1. The van der Waals surface area contributed by atoms with Crippen LogP contribution in [0.4, 0.5) is 14.6 Å². The third kappa shape index (κ3) is 13.2. The average molecular weight is 1030 g/mol. The van der Waals surface area contributed by atoms with Crippen molar-refractivity contribution in [3.05, 3.63) is 88.3 Å². The molecule has 2 aliphatic heterocycles. The molecular weight excluding hydrogens is 962 g/mol. The van der Waals surface area contributed by atoms with Crippen molar-refractivity contribution in [1.82, 2.24) is 35.4 Å². The third-order valence-electron chi connectivity index (χ3n) is 13.5. The van der Waals surface area contributed by atoms with E-state index in [1.165, 1.54) is 23.4 Å². The van der Waals surface area contributed by atoms with Crippen LogP contribution in [0.3, 0.4) is 0 Å². The first kappa shape index (κ1) is 54.0. The molecule has 2 saturated heterocycles. The van der Waals surface area contributed by atoms with E-state index < -0.39 is 35.2 Å². The van der Waals surface area contributed by atoms with E-state index in [1.807, 2.05) is 69.3 Å². The summed E-state index contributed by atoms with van der Waals surface area (Å²) in [5.41, 5.74) is 3.89. The predicted octanol–water partition coefficient (Wildman–Crippen LogP) is 9.42. The molecule has 18 heteroatoms. The Bertz CT molecular complexity index is 2690. The van der Waals surface area contributed by atoms with Gasteiger partial charge in [0.1, 0.15) is 41.3 Å². The number of benzene rings is 3. The second kappa shape index (κ2) is 24.8. The summed E-state index contributed by atoms with van der Waals surface area (Å²) in [4.78, 5) is 72.2. The van der Waals surface area contributed by atoms with Crippen LogP contribution in [0.15, 0.2) is 60.4 Å². The predicted molar refractivity (Wildman–Crippen MR) is 278 cm³/mol. The van der Waals surface area contributed by atoms with Crippen LogP contribution in [0.1, 0.15) is 110 Å². The minimum Gasteiger partial charge on any atom is -0.493 e. The normalized spacial score (nSPS) is 16.5. The standard InChI is InChI=1S/C54H67ClF2N8O6S/c1-6-44(68)63-23-25-64(26-24-63)51-38-29-39(55)45(47(57)48(38)59-32-60-51)46-40(56)16-15-17-42(46)71-27-14-12-10-8-7-9-11-13-18-43(67)62-50(54(3,4)5)53(70)65-31-37(66)28-41(65)52(69)58-30-35-19-21-36(22-20-35)49-34(2)61-33-72-49/h15-17,19-22,29,32-33,37,41,50,66H,6-14,18,23-28,30-31H2,1-5H3,(H,58,69)(H,62,67)/t37-,41+,50-/m1/s1. The maximum absolute atomic E-state index is 16.4. The van der Waals surface area contributed by atoms with Gasteiger partial charge in [-0.1, -0.05) is 108 Å². The smallest absolute Gasteiger partial charge is 0.246 e. The monoisotopic (exact) mass is 1030 g/mol. The van der Waals surface area contributed by atoms with Crippen LogP contribution in [0.25, 0.3) is 32.5 Å². The number of likely N-dealkylation sites (tertiary alicyclic amines) is 1. The van der Waals surface area contributed by atoms with Crippen molar-refractivity contribution in [3.63, 3.8) is 0 Å². The number of aryl methyl sites for hydroxylation is 1. The van der Waals surface area contributed by atoms with E-state index in [4.69, 9.17) is 16.3 Å². The number of ether oxygens (including phenoxy) is 1. The molecular formula is C54H67ClF2N8O6S. The Hall–Kier alpha value is -5.78. The van der Waals surface area contributed by atoms with E-state index in [1.54, 1.807) is 28.4 Å². The van der Waals surface area contributed by atoms with Crippen molar-refractivity contribution in [2.75, 3.05) is 44.2 Å². The number of thiazole rings is 1. The van der Waals surface area contributed by atoms with E-state index in [-0.39, 0.29) is 77.0 Å². The Morgan fingerprint density at radius 2 is 1.61 bits per heavy atom. The van der Waals surface area contributed by atoms with Gasteiger partial charge in [-0.15, -0.1) is 11.3 Å². The molecule has 72 heavy (non-hydrogen) atoms. The molecule has 2 aliphatic rings. The molecule has 0 saturated carbocycles. The molecule has 3 aromatic carbocycles. The minimum absolute atomic E-state index is 0.00306. The van der Waals surface area contributed by atoms with Crippen molar-refractivity contribution in [2.45, 2.75) is 130 Å². The number of aliphatic hydroxyl groups excluding tert-OH is 1. The van der Waals surface area contributed by atoms with E-state index >= 15 is 8.78 Å². The molecule has 3 atom stereocenters. The third-order valence-corrected chi connectivity index (χ3v) is 14.8. The van der Waals surface area contributed by atoms with Crippen molar-refractivity contribution in [3.8, 4) is 27.3 Å². The zero-order valence-corrected chi connectivity index (χ0v) is 43.5. The largest absolute Gasteiger partial charge is 0.493 e. The average Bonchev–Trinajstić information content (AvgIpc) is 3.99. The number of nitrogens with one attached hydrogen (secondary N) is 2. The summed E-state index contributed by atoms with van der Waals surface area (Å²) in [6.07, 6.45) is 8.19. The van der Waals surface area contributed by atoms with Gasteiger partial charge in [-0.05, 0) is 54.5 Å². The number of amides is 4. The van der Waals surface area contributed by atoms with Gasteiger partial charge in [0.15, 0.2) is 5.82 Å². The highest BCUT2D eigenvalue weighted by Gasteiger charge is 2.44. The van der Waals surface area contributed by atoms with Gasteiger partial charge in [-0.3, -0.25) is 19.2 Å². The fourth-order valence-electron chi connectivity index (χ4n) is 9.50. The lowest BCUT2D eigenvalue weighted by atomic mass is 9.85. The second-order valence-electron chi connectivity index (χ2n) is 19.8. The molecule has 0 unspecified atom stereocenters. The van der Waals surface area contributed by atoms with E-state index in [0.29, 0.717) is 63.3 Å². The molecule has 4 amide bonds. The number of fused-ring (bicyclic) bond motifs is 1. The first-order valence-corrected chi connectivity index (χ1v) is 26.4. The lowest BCUT2D eigenvalue weighted by molar-refractivity contribution is -0.144. The maximum Gasteiger partial charge on any atom is 0.246 e. The van der Waals surface area contributed by atoms with Crippen LogP contribution < -0.4 is 20.3 Å². The van der Waals surface area contributed by atoms with Gasteiger partial charge < -0.3 is 35.2 Å². The summed E-state index contributed by atoms with van der Waals surface area (Å²) < 4.78 is 38.0. The van der Waals surface area contributed by atoms with Crippen LogP contribution in [0.5, 0.6) is 5.75 Å². The molecule has 5 aromatic rings. The van der Waals surface area contributed by atoms with Gasteiger partial charge in [-0.25, -0.2) is 23.7 Å². The number of β-amino-alcohol motifs (C(OH)–C–C–N with tert-alkyl or cyclic N) is 1. The van der Waals surface area contributed by atoms with Gasteiger partial charge in [0.05, 0.1) is 39.4 Å². The number of rotatable bonds is 21. The quantitative estimate of drug-likeness (QED) is 0.0602. The zero-order chi connectivity index (χ0) is 51.5. The summed E-state index contributed by atoms with van der Waals surface area (Å²) in [7, 11) is 0. The molecule has 2 aromatic heterocycles. The highest BCUT2D eigenvalue weighted by atomic mass is 35.5. The molecule has 0 radical (unpaired) electrons. The molecule has 7 rings (SSSR count). The number of piperazine rings is 1. The molecule has 4 heterocycles. The Balaban J connectivity index is 0.817. The summed E-state index contributed by atoms with van der Waals surface area (Å²) in [6.45, 7) is 12.1. The minimum atomic E-state index is -0.885. The molecule has 14 nitrogen and oxygen atoms in total. The topological polar surface area (TPSA) is 170 Å². The van der Waals surface area contributed by atoms with E-state index in [2.05, 4.69) is 25.6 Å². The van der Waals surface area contributed by atoms with Crippen LogP contribution in [-0.2, 0) is 25.7 Å². The SMILES string of the molecule is CCC(=O)N1CCN(c2ncnc3c(F)c(-c4c(F)cccc4OCCCCCCCCCCC(=O)N[C@H](C(=O)N4C[C@H](O)C[C@H]4C(=O)NCc4ccc(-c5scnc5C)cc4)C(C)(C)C)c(Cl)cc23)CC1. The zero-order valence-electron chi connectivity index (χ0n) is 41.9. The molecule has 3 N–H and O–H groups in total. The number of aromatic nitrogens is 3. The maximum atomic E-state index is 16.4. The summed E-state index contributed by atoms with van der Waals surface area (Å²) in [6, 6.07) is 12.1. The fraction of sp³-hybridized carbons (Fsp3) is 0.500. The molecule has 0 aliphatic carbocycles. The highest BCUT2D eigenvalue weighted by molar-refractivity contribution is 7.13. The van der Waals surface area contributed by atoms with Crippen molar-refractivity contribution >= 4 is 63.3 Å². The number of hydrogen-bond acceptors (Lipinski definition) is 11. The van der Waals surface area contributed by atoms with Crippen molar-refractivity contribution in [1.29, 1.82) is 0 Å². The summed E-state index contributed by atoms with van der Waals surface area (Å²) >= 11 is 8.32. The van der Waals surface area contributed by atoms with E-state index in [9.17, 15) is 24.3 Å². The highest BCUT2D eigenvalue weighted by Crippen LogP contribution is 2.43. The number of unbranched alkanes of at least 4 members (excludes halogenated alkanes) is 7. The lowest BCUT2D eigenvalue weighted by Gasteiger charge is -2.35. The molecule has 0 spiro atoms. The Morgan fingerprint density at radius 3 is 2.28 bits per heavy atom. The summed E-state index contributed by atoms with van der Waals surface area (Å²) in [5.74, 6) is -1.65. The Morgan fingerprint density at radius 1 is 0.917 bits per heavy atom. The summed E-state index contributed by atoms with van der Waals surface area (Å²) in [5, 5.41) is 16.9.